The van der Waals surface area contributed by atoms with Gasteiger partial charge in [0, 0.05) is 80.4 Å². The second kappa shape index (κ2) is 45.0. The van der Waals surface area contributed by atoms with Gasteiger partial charge in [0.1, 0.15) is 9.76 Å². The molecule has 0 bridgehead atoms. The molecule has 11 nitrogen and oxygen atoms in total. The molecule has 0 atom stereocenters. The Morgan fingerprint density at radius 3 is 0.832 bits per heavy atom. The Labute approximate surface area is 792 Å². The molecule has 0 spiro atoms. The fourth-order valence-corrected chi connectivity index (χ4v) is 20.2. The Balaban J connectivity index is 0.000000187. The fraction of sp³-hybridized carbons (Fsp3) is 0.178. The number of halogens is 4. The number of aromatic nitrogens is 7. The first-order chi connectivity index (χ1) is 58.6. The standard InChI is InChI=1S/C34H36N2Si2.C34H34N2Si2.C14H16BrNSi.C8H12ClNSi.C6H8B2O4.C5H3Br2N.Pt/c2*1-37(2,3)29-17-19-33(35-23-29)27-13-9-11-25(21-27)31-15-7-8-16-32(31)26-12-10-14-28(22-26)34-20-18-30(24-36-34)38(4,5)6;1-17(2,3)13-7-8-14(16-10-13)11-5-4-6-12(15)9-11;1-11(2,3)7-4-5-8(9)10-6-7;9-7(10)5-3-1-2-4-6(5)8(11)12;6-4-1-2-5(7)8-3-4;/h7-24H,1-6H3;7-20,23-24H,1-6H3;4-10H,1-3H3;4-6H,1-3H3;1-4,9-12H;1-3H;/q;-2;;;;;+2. The Kier molecular flexibility index (Phi) is 36.1. The van der Waals surface area contributed by atoms with Crippen molar-refractivity contribution in [3.05, 3.63) is 341 Å². The van der Waals surface area contributed by atoms with E-state index in [9.17, 15) is 0 Å². The normalized spacial score (nSPS) is 11.4. The maximum atomic E-state index is 8.79. The molecular weight excluding hydrogens is 2040 g/mol. The summed E-state index contributed by atoms with van der Waals surface area (Å²) in [5, 5.41) is 44.0. The monoisotopic (exact) mass is 2140 g/mol. The molecule has 4 N–H and O–H groups in total. The van der Waals surface area contributed by atoms with Gasteiger partial charge in [0.25, 0.3) is 0 Å². The van der Waals surface area contributed by atoms with E-state index in [2.05, 4.69) is 417 Å². The van der Waals surface area contributed by atoms with Crippen LogP contribution in [0.4, 0.5) is 0 Å². The third-order valence-electron chi connectivity index (χ3n) is 20.6. The molecule has 0 saturated heterocycles. The van der Waals surface area contributed by atoms with Gasteiger partial charge >= 0.3 is 35.3 Å². The minimum absolute atomic E-state index is 0. The number of rotatable bonds is 17. The van der Waals surface area contributed by atoms with Crippen LogP contribution in [-0.4, -0.2) is 118 Å². The van der Waals surface area contributed by atoms with Crippen molar-refractivity contribution < 1.29 is 41.2 Å². The van der Waals surface area contributed by atoms with Crippen molar-refractivity contribution in [2.45, 2.75) is 118 Å². The van der Waals surface area contributed by atoms with E-state index in [1.54, 1.807) is 18.3 Å². The smallest absolute Gasteiger partial charge is 0.423 e. The molecule has 0 unspecified atom stereocenters. The zero-order valence-electron chi connectivity index (χ0n) is 74.3. The summed E-state index contributed by atoms with van der Waals surface area (Å²) >= 11 is 15.6. The van der Waals surface area contributed by atoms with Gasteiger partial charge in [-0.15, -0.1) is 70.8 Å². The minimum atomic E-state index is -1.68. The van der Waals surface area contributed by atoms with Crippen LogP contribution >= 0.6 is 59.4 Å². The Morgan fingerprint density at radius 1 is 0.256 bits per heavy atom. The molecule has 24 heteroatoms. The van der Waals surface area contributed by atoms with Gasteiger partial charge in [-0.05, 0) is 157 Å². The predicted molar refractivity (Wildman–Crippen MR) is 555 cm³/mol. The van der Waals surface area contributed by atoms with Crippen LogP contribution < -0.4 is 42.0 Å². The zero-order valence-corrected chi connectivity index (χ0v) is 88.1. The van der Waals surface area contributed by atoms with Crippen molar-refractivity contribution in [3.63, 3.8) is 0 Å². The first-order valence-corrected chi connectivity index (χ1v) is 65.1. The maximum absolute atomic E-state index is 8.79. The number of benzene rings is 8. The van der Waals surface area contributed by atoms with Gasteiger partial charge in [0.05, 0.1) is 65.5 Å². The number of hydrogen-bond donors (Lipinski definition) is 4. The first kappa shape index (κ1) is 100. The van der Waals surface area contributed by atoms with Crippen LogP contribution in [0.25, 0.3) is 101 Å². The number of nitrogens with zero attached hydrogens (tertiary/aromatic N) is 7. The summed E-state index contributed by atoms with van der Waals surface area (Å²) in [6, 6.07) is 98.4. The summed E-state index contributed by atoms with van der Waals surface area (Å²) in [6.45, 7) is 42.1. The molecule has 15 aromatic rings. The van der Waals surface area contributed by atoms with Crippen LogP contribution in [0.3, 0.4) is 0 Å². The van der Waals surface area contributed by atoms with Crippen molar-refractivity contribution in [1.82, 2.24) is 34.9 Å². The molecule has 125 heavy (non-hydrogen) atoms. The molecule has 7 aromatic heterocycles. The zero-order chi connectivity index (χ0) is 89.9. The van der Waals surface area contributed by atoms with Gasteiger partial charge in [-0.2, -0.15) is 0 Å². The summed E-state index contributed by atoms with van der Waals surface area (Å²) in [6.07, 6.45) is 13.9. The molecule has 0 amide bonds. The van der Waals surface area contributed by atoms with Crippen molar-refractivity contribution in [2.75, 3.05) is 0 Å². The molecule has 640 valence electrons. The van der Waals surface area contributed by atoms with E-state index in [1.165, 1.54) is 65.5 Å². The van der Waals surface area contributed by atoms with Gasteiger partial charge in [0.15, 0.2) is 0 Å². The summed E-state index contributed by atoms with van der Waals surface area (Å²) in [7, 11) is -11.3. The average molecular weight is 2150 g/mol. The van der Waals surface area contributed by atoms with E-state index in [0.717, 1.165) is 92.1 Å². The van der Waals surface area contributed by atoms with E-state index >= 15 is 0 Å². The van der Waals surface area contributed by atoms with Gasteiger partial charge in [-0.25, -0.2) is 9.97 Å². The second-order valence-electron chi connectivity index (χ2n) is 36.4. The largest absolute Gasteiger partial charge is 2.00 e. The van der Waals surface area contributed by atoms with E-state index in [1.807, 2.05) is 55.1 Å². The Morgan fingerprint density at radius 2 is 0.544 bits per heavy atom. The van der Waals surface area contributed by atoms with Crippen molar-refractivity contribution >= 4 is 164 Å². The fourth-order valence-electron chi connectivity index (χ4n) is 13.0. The van der Waals surface area contributed by atoms with Crippen LogP contribution in [0.5, 0.6) is 0 Å². The predicted octanol–water partition coefficient (Wildman–Crippen LogP) is 22.1. The molecule has 7 heterocycles. The van der Waals surface area contributed by atoms with Crippen molar-refractivity contribution in [2.24, 2.45) is 0 Å². The Hall–Kier alpha value is -8.50. The van der Waals surface area contributed by atoms with E-state index < -0.39 is 62.7 Å². The molecule has 0 fully saturated rings. The molecule has 0 saturated carbocycles. The molecule has 0 aliphatic carbocycles. The van der Waals surface area contributed by atoms with Gasteiger partial charge in [-0.1, -0.05) is 326 Å². The summed E-state index contributed by atoms with van der Waals surface area (Å²) in [4.78, 5) is 31.8. The third-order valence-corrected chi connectivity index (χ3v) is 34.4. The van der Waals surface area contributed by atoms with Crippen molar-refractivity contribution in [1.29, 1.82) is 0 Å². The first-order valence-electron chi connectivity index (χ1n) is 41.3. The van der Waals surface area contributed by atoms with E-state index in [0.29, 0.717) is 5.15 Å². The Bertz CT molecular complexity index is 5470. The topological polar surface area (TPSA) is 171 Å². The van der Waals surface area contributed by atoms with Crippen LogP contribution in [0.1, 0.15) is 0 Å². The summed E-state index contributed by atoms with van der Waals surface area (Å²) in [5.41, 5.74) is 19.8. The SMILES string of the molecule is Brc1ccc(Br)nc1.C[Si](C)(C)c1ccc(-c2[c-]c(-c3ccccc3-c3[c-]c(-c4ccc([Si](C)(C)C)cn4)ccc3)ccc2)nc1.C[Si](C)(C)c1ccc(-c2cccc(-c3ccccc3-c3cccc(-c4ccc([Si](C)(C)C)cn4)c3)c2)nc1.C[Si](C)(C)c1ccc(-c2cccc(Br)c2)nc1.C[Si](C)(C)c1ccc(Cl)nc1.OB(O)c1ccccc1B(O)O.[Pt+2]. The van der Waals surface area contributed by atoms with Crippen molar-refractivity contribution in [3.8, 4) is 101 Å². The molecule has 8 aromatic carbocycles. The summed E-state index contributed by atoms with van der Waals surface area (Å²) < 4.78 is 2.95. The number of hydrogen-bond acceptors (Lipinski definition) is 11. The van der Waals surface area contributed by atoms with E-state index in [-0.39, 0.29) is 32.0 Å². The van der Waals surface area contributed by atoms with Gasteiger partial charge in [0.2, 0.25) is 0 Å². The maximum Gasteiger partial charge on any atom is 2.00 e. The average Bonchev–Trinajstić information content (AvgIpc) is 0.793. The summed E-state index contributed by atoms with van der Waals surface area (Å²) in [5.74, 6) is 0. The molecular formula is C101H109B2Br3ClN7O4PtSi6. The molecule has 0 aliphatic heterocycles. The van der Waals surface area contributed by atoms with Crippen LogP contribution in [0.15, 0.2) is 324 Å². The molecule has 0 aliphatic rings. The van der Waals surface area contributed by atoms with E-state index in [4.69, 9.17) is 51.6 Å². The number of pyridine rings is 7. The quantitative estimate of drug-likeness (QED) is 0.0389. The van der Waals surface area contributed by atoms with Crippen LogP contribution in [-0.2, 0) is 21.1 Å². The van der Waals surface area contributed by atoms with Crippen LogP contribution in [0.2, 0.25) is 123 Å². The second-order valence-corrected chi connectivity index (χ2v) is 69.9. The van der Waals surface area contributed by atoms with Gasteiger partial charge in [-0.3, -0.25) is 24.9 Å². The van der Waals surface area contributed by atoms with Crippen LogP contribution in [0, 0.1) is 12.1 Å². The minimum Gasteiger partial charge on any atom is -0.423 e. The third kappa shape index (κ3) is 29.5. The van der Waals surface area contributed by atoms with Gasteiger partial charge < -0.3 is 20.1 Å². The molecule has 0 radical (unpaired) electrons. The molecule has 15 rings (SSSR count).